The summed E-state index contributed by atoms with van der Waals surface area (Å²) >= 11 is 0. The molecule has 2 amide bonds. The van der Waals surface area contributed by atoms with Crippen LogP contribution in [0.5, 0.6) is 0 Å². The number of benzene rings is 1. The van der Waals surface area contributed by atoms with Crippen LogP contribution in [0.1, 0.15) is 12.5 Å². The number of amides is 2. The molecule has 98 valence electrons. The number of rotatable bonds is 6. The third kappa shape index (κ3) is 5.89. The quantitative estimate of drug-likeness (QED) is 0.743. The highest BCUT2D eigenvalue weighted by molar-refractivity contribution is 5.80. The van der Waals surface area contributed by atoms with Crippen molar-refractivity contribution in [1.29, 1.82) is 0 Å². The van der Waals surface area contributed by atoms with Crippen LogP contribution in [0, 0.1) is 0 Å². The van der Waals surface area contributed by atoms with Crippen LogP contribution in [-0.2, 0) is 16.0 Å². The molecule has 5 heteroatoms. The van der Waals surface area contributed by atoms with Gasteiger partial charge < -0.3 is 15.4 Å². The fourth-order valence-corrected chi connectivity index (χ4v) is 1.39. The molecule has 0 aliphatic rings. The average molecular weight is 250 g/mol. The van der Waals surface area contributed by atoms with Gasteiger partial charge in [-0.2, -0.15) is 0 Å². The van der Waals surface area contributed by atoms with Gasteiger partial charge in [0.15, 0.2) is 0 Å². The van der Waals surface area contributed by atoms with Gasteiger partial charge in [-0.3, -0.25) is 4.79 Å². The molecule has 5 nitrogen and oxygen atoms in total. The topological polar surface area (TPSA) is 67.4 Å². The molecule has 0 fully saturated rings. The molecular weight excluding hydrogens is 232 g/mol. The number of carbonyl (C=O) groups is 2. The summed E-state index contributed by atoms with van der Waals surface area (Å²) in [6, 6.07) is 9.49. The molecule has 0 aromatic heterocycles. The third-order valence-electron chi connectivity index (χ3n) is 2.24. The zero-order valence-electron chi connectivity index (χ0n) is 10.4. The Morgan fingerprint density at radius 1 is 1.17 bits per heavy atom. The fraction of sp³-hybridized carbons (Fsp3) is 0.385. The average Bonchev–Trinajstić information content (AvgIpc) is 2.38. The zero-order chi connectivity index (χ0) is 13.2. The van der Waals surface area contributed by atoms with E-state index in [1.165, 1.54) is 0 Å². The molecule has 1 aromatic rings. The van der Waals surface area contributed by atoms with Gasteiger partial charge in [-0.15, -0.1) is 0 Å². The Kier molecular flexibility index (Phi) is 6.32. The maximum Gasteiger partial charge on any atom is 0.325 e. The first kappa shape index (κ1) is 14.0. The molecule has 0 aliphatic carbocycles. The number of nitrogens with one attached hydrogen (secondary N) is 2. The van der Waals surface area contributed by atoms with E-state index in [9.17, 15) is 9.59 Å². The fourth-order valence-electron chi connectivity index (χ4n) is 1.39. The van der Waals surface area contributed by atoms with E-state index in [1.54, 1.807) is 6.92 Å². The van der Waals surface area contributed by atoms with Gasteiger partial charge in [-0.25, -0.2) is 4.79 Å². The van der Waals surface area contributed by atoms with Crippen LogP contribution in [0.2, 0.25) is 0 Å². The van der Waals surface area contributed by atoms with Gasteiger partial charge >= 0.3 is 12.0 Å². The number of hydrogen-bond acceptors (Lipinski definition) is 3. The maximum atomic E-state index is 11.3. The minimum atomic E-state index is -0.435. The van der Waals surface area contributed by atoms with E-state index in [-0.39, 0.29) is 12.6 Å². The molecule has 0 aliphatic heterocycles. The van der Waals surface area contributed by atoms with Gasteiger partial charge in [0, 0.05) is 6.54 Å². The van der Waals surface area contributed by atoms with E-state index >= 15 is 0 Å². The highest BCUT2D eigenvalue weighted by Gasteiger charge is 2.04. The van der Waals surface area contributed by atoms with Crippen LogP contribution in [0.15, 0.2) is 30.3 Å². The third-order valence-corrected chi connectivity index (χ3v) is 2.24. The Morgan fingerprint density at radius 2 is 1.89 bits per heavy atom. The summed E-state index contributed by atoms with van der Waals surface area (Å²) in [6.07, 6.45) is 0.758. The van der Waals surface area contributed by atoms with Gasteiger partial charge in [0.25, 0.3) is 0 Å². The SMILES string of the molecule is CCOC(=O)CNC(=O)NCCc1ccccc1. The molecule has 0 atom stereocenters. The van der Waals surface area contributed by atoms with E-state index < -0.39 is 5.97 Å². The molecule has 1 aromatic carbocycles. The number of carbonyl (C=O) groups excluding carboxylic acids is 2. The summed E-state index contributed by atoms with van der Waals surface area (Å²) < 4.78 is 4.68. The summed E-state index contributed by atoms with van der Waals surface area (Å²) in [6.45, 7) is 2.46. The number of urea groups is 1. The first-order valence-corrected chi connectivity index (χ1v) is 5.93. The highest BCUT2D eigenvalue weighted by Crippen LogP contribution is 1.97. The minimum absolute atomic E-state index is 0.106. The van der Waals surface area contributed by atoms with E-state index in [1.807, 2.05) is 30.3 Å². The van der Waals surface area contributed by atoms with Crippen LogP contribution >= 0.6 is 0 Å². The van der Waals surface area contributed by atoms with Crippen molar-refractivity contribution in [2.24, 2.45) is 0 Å². The van der Waals surface area contributed by atoms with Crippen molar-refractivity contribution in [2.75, 3.05) is 19.7 Å². The Balaban J connectivity index is 2.12. The van der Waals surface area contributed by atoms with Gasteiger partial charge in [-0.1, -0.05) is 30.3 Å². The summed E-state index contributed by atoms with van der Waals surface area (Å²) in [7, 11) is 0. The lowest BCUT2D eigenvalue weighted by atomic mass is 10.1. The van der Waals surface area contributed by atoms with Crippen molar-refractivity contribution >= 4 is 12.0 Å². The second-order valence-electron chi connectivity index (χ2n) is 3.65. The van der Waals surface area contributed by atoms with Crippen molar-refractivity contribution < 1.29 is 14.3 Å². The van der Waals surface area contributed by atoms with E-state index in [2.05, 4.69) is 15.4 Å². The predicted octanol–water partition coefficient (Wildman–Crippen LogP) is 1.09. The molecule has 0 unspecified atom stereocenters. The number of esters is 1. The van der Waals surface area contributed by atoms with E-state index in [4.69, 9.17) is 0 Å². The zero-order valence-corrected chi connectivity index (χ0v) is 10.4. The van der Waals surface area contributed by atoms with E-state index in [0.29, 0.717) is 13.2 Å². The van der Waals surface area contributed by atoms with Crippen molar-refractivity contribution in [3.8, 4) is 0 Å². The van der Waals surface area contributed by atoms with Crippen LogP contribution in [0.3, 0.4) is 0 Å². The van der Waals surface area contributed by atoms with Gasteiger partial charge in [0.2, 0.25) is 0 Å². The molecule has 18 heavy (non-hydrogen) atoms. The second kappa shape index (κ2) is 8.11. The van der Waals surface area contributed by atoms with Crippen LogP contribution in [-0.4, -0.2) is 31.7 Å². The van der Waals surface area contributed by atoms with Crippen LogP contribution in [0.25, 0.3) is 0 Å². The summed E-state index contributed by atoms with van der Waals surface area (Å²) in [5.41, 5.74) is 1.16. The molecule has 1 rings (SSSR count). The second-order valence-corrected chi connectivity index (χ2v) is 3.65. The number of ether oxygens (including phenoxy) is 1. The summed E-state index contributed by atoms with van der Waals surface area (Å²) in [4.78, 5) is 22.3. The molecule has 0 radical (unpaired) electrons. The highest BCUT2D eigenvalue weighted by atomic mass is 16.5. The molecule has 0 saturated heterocycles. The monoisotopic (exact) mass is 250 g/mol. The maximum absolute atomic E-state index is 11.3. The number of hydrogen-bond donors (Lipinski definition) is 2. The van der Waals surface area contributed by atoms with Crippen molar-refractivity contribution in [1.82, 2.24) is 10.6 Å². The first-order valence-electron chi connectivity index (χ1n) is 5.93. The Labute approximate surface area is 107 Å². The van der Waals surface area contributed by atoms with Crippen molar-refractivity contribution in [2.45, 2.75) is 13.3 Å². The molecule has 0 heterocycles. The normalized spacial score (nSPS) is 9.61. The molecule has 0 saturated carbocycles. The Morgan fingerprint density at radius 3 is 2.56 bits per heavy atom. The van der Waals surface area contributed by atoms with Crippen molar-refractivity contribution in [3.05, 3.63) is 35.9 Å². The summed E-state index contributed by atoms with van der Waals surface area (Å²) in [5.74, 6) is -0.435. The van der Waals surface area contributed by atoms with Crippen LogP contribution in [0.4, 0.5) is 4.79 Å². The first-order chi connectivity index (χ1) is 8.72. The van der Waals surface area contributed by atoms with Gasteiger partial charge in [0.05, 0.1) is 6.61 Å². The molecule has 0 bridgehead atoms. The minimum Gasteiger partial charge on any atom is -0.465 e. The molecule has 2 N–H and O–H groups in total. The van der Waals surface area contributed by atoms with Gasteiger partial charge in [0.1, 0.15) is 6.54 Å². The largest absolute Gasteiger partial charge is 0.465 e. The Hall–Kier alpha value is -2.04. The summed E-state index contributed by atoms with van der Waals surface area (Å²) in [5, 5.41) is 5.10. The molecular formula is C13H18N2O3. The standard InChI is InChI=1S/C13H18N2O3/c1-2-18-12(16)10-15-13(17)14-9-8-11-6-4-3-5-7-11/h3-7H,2,8-10H2,1H3,(H2,14,15,17). The predicted molar refractivity (Wildman–Crippen MR) is 68.2 cm³/mol. The van der Waals surface area contributed by atoms with E-state index in [0.717, 1.165) is 12.0 Å². The smallest absolute Gasteiger partial charge is 0.325 e. The lowest BCUT2D eigenvalue weighted by Gasteiger charge is -2.07. The van der Waals surface area contributed by atoms with Crippen LogP contribution < -0.4 is 10.6 Å². The van der Waals surface area contributed by atoms with Crippen molar-refractivity contribution in [3.63, 3.8) is 0 Å². The Bertz CT molecular complexity index is 379. The van der Waals surface area contributed by atoms with Gasteiger partial charge in [-0.05, 0) is 18.9 Å². The lowest BCUT2D eigenvalue weighted by Crippen LogP contribution is -2.39. The lowest BCUT2D eigenvalue weighted by molar-refractivity contribution is -0.141. The molecule has 0 spiro atoms.